The molecule has 4 nitrogen and oxygen atoms in total. The molecule has 1 aromatic rings. The lowest BCUT2D eigenvalue weighted by Crippen LogP contribution is -2.21. The number of ether oxygens (including phenoxy) is 1. The number of esters is 1. The van der Waals surface area contributed by atoms with Crippen molar-refractivity contribution < 1.29 is 9.53 Å². The molecule has 2 N–H and O–H groups in total. The van der Waals surface area contributed by atoms with Crippen molar-refractivity contribution in [2.24, 2.45) is 5.92 Å². The number of nitrogens with two attached hydrogens (primary N) is 1. The van der Waals surface area contributed by atoms with Crippen LogP contribution in [0.15, 0.2) is 18.3 Å². The Morgan fingerprint density at radius 1 is 1.47 bits per heavy atom. The van der Waals surface area contributed by atoms with E-state index in [2.05, 4.69) is 4.98 Å². The minimum absolute atomic E-state index is 0.140. The van der Waals surface area contributed by atoms with Crippen molar-refractivity contribution in [1.82, 2.24) is 4.98 Å². The number of hydrogen-bond donors (Lipinski definition) is 1. The number of aromatic nitrogens is 1. The molecule has 0 amide bonds. The van der Waals surface area contributed by atoms with Gasteiger partial charge in [0.05, 0.1) is 5.69 Å². The fourth-order valence-corrected chi connectivity index (χ4v) is 0.949. The van der Waals surface area contributed by atoms with E-state index in [9.17, 15) is 4.79 Å². The fraction of sp³-hybridized carbons (Fsp3) is 0.455. The Morgan fingerprint density at radius 2 is 2.13 bits per heavy atom. The first-order chi connectivity index (χ1) is 7.02. The van der Waals surface area contributed by atoms with Crippen LogP contribution in [0.3, 0.4) is 0 Å². The van der Waals surface area contributed by atoms with Gasteiger partial charge in [-0.15, -0.1) is 0 Å². The molecule has 1 heterocycles. The van der Waals surface area contributed by atoms with Gasteiger partial charge in [0.2, 0.25) is 0 Å². The number of nitrogen functional groups attached to an aromatic ring is 1. The maximum atomic E-state index is 11.6. The number of rotatable bonds is 3. The van der Waals surface area contributed by atoms with Crippen molar-refractivity contribution >= 4 is 11.7 Å². The molecule has 0 aliphatic carbocycles. The first-order valence-electron chi connectivity index (χ1n) is 4.94. The predicted octanol–water partition coefficient (Wildman–Crippen LogP) is 1.87. The first kappa shape index (κ1) is 11.5. The number of carbonyl (C=O) groups is 1. The number of nitrogens with zero attached hydrogens (tertiary/aromatic N) is 1. The van der Waals surface area contributed by atoms with Crippen molar-refractivity contribution in [3.8, 4) is 0 Å². The minimum Gasteiger partial charge on any atom is -0.458 e. The molecule has 1 unspecified atom stereocenters. The van der Waals surface area contributed by atoms with Crippen LogP contribution < -0.4 is 5.73 Å². The molecule has 1 aromatic heterocycles. The van der Waals surface area contributed by atoms with Gasteiger partial charge in [0.25, 0.3) is 0 Å². The van der Waals surface area contributed by atoms with Crippen molar-refractivity contribution in [3.63, 3.8) is 0 Å². The van der Waals surface area contributed by atoms with E-state index in [1.165, 1.54) is 6.20 Å². The second-order valence-electron chi connectivity index (χ2n) is 3.80. The van der Waals surface area contributed by atoms with Crippen molar-refractivity contribution in [2.75, 3.05) is 5.73 Å². The smallest absolute Gasteiger partial charge is 0.359 e. The van der Waals surface area contributed by atoms with Crippen molar-refractivity contribution in [3.05, 3.63) is 24.0 Å². The van der Waals surface area contributed by atoms with Gasteiger partial charge in [0, 0.05) is 6.20 Å². The van der Waals surface area contributed by atoms with Crippen molar-refractivity contribution in [1.29, 1.82) is 0 Å². The zero-order valence-electron chi connectivity index (χ0n) is 9.23. The van der Waals surface area contributed by atoms with E-state index in [0.717, 1.165) is 0 Å². The van der Waals surface area contributed by atoms with Crippen LogP contribution in [-0.2, 0) is 4.74 Å². The molecule has 0 saturated carbocycles. The molecular formula is C11H16N2O2. The highest BCUT2D eigenvalue weighted by Crippen LogP contribution is 2.12. The molecule has 0 aliphatic heterocycles. The number of carbonyl (C=O) groups excluding carboxylic acids is 1. The van der Waals surface area contributed by atoms with Gasteiger partial charge in [-0.25, -0.2) is 9.78 Å². The Kier molecular flexibility index (Phi) is 3.66. The van der Waals surface area contributed by atoms with Crippen LogP contribution in [0.1, 0.15) is 31.3 Å². The zero-order valence-corrected chi connectivity index (χ0v) is 9.23. The lowest BCUT2D eigenvalue weighted by atomic mass is 10.1. The number of anilines is 1. The molecule has 0 bridgehead atoms. The van der Waals surface area contributed by atoms with Gasteiger partial charge in [0.1, 0.15) is 6.10 Å². The van der Waals surface area contributed by atoms with Crippen molar-refractivity contribution in [2.45, 2.75) is 26.9 Å². The molecule has 0 saturated heterocycles. The van der Waals surface area contributed by atoms with E-state index in [-0.39, 0.29) is 17.7 Å². The number of hydrogen-bond acceptors (Lipinski definition) is 4. The molecule has 82 valence electrons. The Bertz CT molecular complexity index is 350. The highest BCUT2D eigenvalue weighted by Gasteiger charge is 2.17. The molecule has 0 fully saturated rings. The fourth-order valence-electron chi connectivity index (χ4n) is 0.949. The van der Waals surface area contributed by atoms with Crippen LogP contribution in [0.5, 0.6) is 0 Å². The Balaban J connectivity index is 2.74. The van der Waals surface area contributed by atoms with E-state index in [1.807, 2.05) is 20.8 Å². The van der Waals surface area contributed by atoms with E-state index < -0.39 is 5.97 Å². The van der Waals surface area contributed by atoms with E-state index in [1.54, 1.807) is 12.1 Å². The predicted molar refractivity (Wildman–Crippen MR) is 58.4 cm³/mol. The molecule has 1 atom stereocenters. The van der Waals surface area contributed by atoms with Gasteiger partial charge < -0.3 is 10.5 Å². The quantitative estimate of drug-likeness (QED) is 0.770. The second-order valence-corrected chi connectivity index (χ2v) is 3.80. The van der Waals surface area contributed by atoms with Crippen LogP contribution in [-0.4, -0.2) is 17.1 Å². The highest BCUT2D eigenvalue weighted by atomic mass is 16.5. The second kappa shape index (κ2) is 4.77. The van der Waals surface area contributed by atoms with E-state index in [0.29, 0.717) is 5.69 Å². The third-order valence-electron chi connectivity index (χ3n) is 2.26. The van der Waals surface area contributed by atoms with Gasteiger partial charge in [-0.05, 0) is 25.0 Å². The van der Waals surface area contributed by atoms with Gasteiger partial charge >= 0.3 is 5.97 Å². The molecule has 15 heavy (non-hydrogen) atoms. The standard InChI is InChI=1S/C11H16N2O2/c1-7(2)8(3)15-11(14)10-9(12)5-4-6-13-10/h4-8H,12H2,1-3H3. The molecule has 1 rings (SSSR count). The Labute approximate surface area is 89.5 Å². The summed E-state index contributed by atoms with van der Waals surface area (Å²) in [7, 11) is 0. The summed E-state index contributed by atoms with van der Waals surface area (Å²) in [5, 5.41) is 0. The van der Waals surface area contributed by atoms with Crippen LogP contribution in [0.4, 0.5) is 5.69 Å². The van der Waals surface area contributed by atoms with Crippen LogP contribution in [0.2, 0.25) is 0 Å². The zero-order chi connectivity index (χ0) is 11.4. The summed E-state index contributed by atoms with van der Waals surface area (Å²) in [6, 6.07) is 3.31. The number of pyridine rings is 1. The Morgan fingerprint density at radius 3 is 2.67 bits per heavy atom. The van der Waals surface area contributed by atoms with E-state index >= 15 is 0 Å². The van der Waals surface area contributed by atoms with Crippen LogP contribution >= 0.6 is 0 Å². The van der Waals surface area contributed by atoms with Crippen LogP contribution in [0, 0.1) is 5.92 Å². The lowest BCUT2D eigenvalue weighted by Gasteiger charge is -2.16. The molecule has 0 aromatic carbocycles. The average Bonchev–Trinajstić information content (AvgIpc) is 2.18. The minimum atomic E-state index is -0.464. The SMILES string of the molecule is CC(C)C(C)OC(=O)c1ncccc1N. The maximum absolute atomic E-state index is 11.6. The maximum Gasteiger partial charge on any atom is 0.359 e. The highest BCUT2D eigenvalue weighted by molar-refractivity contribution is 5.92. The lowest BCUT2D eigenvalue weighted by molar-refractivity contribution is 0.0232. The van der Waals surface area contributed by atoms with Gasteiger partial charge in [-0.3, -0.25) is 0 Å². The molecule has 0 radical (unpaired) electrons. The summed E-state index contributed by atoms with van der Waals surface area (Å²) < 4.78 is 5.20. The Hall–Kier alpha value is -1.58. The molecule has 0 aliphatic rings. The summed E-state index contributed by atoms with van der Waals surface area (Å²) in [5.41, 5.74) is 6.14. The van der Waals surface area contributed by atoms with Gasteiger partial charge in [0.15, 0.2) is 5.69 Å². The topological polar surface area (TPSA) is 65.2 Å². The summed E-state index contributed by atoms with van der Waals surface area (Å²) >= 11 is 0. The summed E-state index contributed by atoms with van der Waals surface area (Å²) in [6.07, 6.45) is 1.38. The largest absolute Gasteiger partial charge is 0.458 e. The molecule has 4 heteroatoms. The third kappa shape index (κ3) is 2.94. The average molecular weight is 208 g/mol. The monoisotopic (exact) mass is 208 g/mol. The summed E-state index contributed by atoms with van der Waals surface area (Å²) in [5.74, 6) is -0.187. The van der Waals surface area contributed by atoms with Gasteiger partial charge in [-0.2, -0.15) is 0 Å². The first-order valence-corrected chi connectivity index (χ1v) is 4.94. The third-order valence-corrected chi connectivity index (χ3v) is 2.26. The molecular weight excluding hydrogens is 192 g/mol. The van der Waals surface area contributed by atoms with Gasteiger partial charge in [-0.1, -0.05) is 13.8 Å². The normalized spacial score (nSPS) is 12.5. The molecule has 0 spiro atoms. The summed E-state index contributed by atoms with van der Waals surface area (Å²) in [6.45, 7) is 5.82. The summed E-state index contributed by atoms with van der Waals surface area (Å²) in [4.78, 5) is 15.5. The van der Waals surface area contributed by atoms with Crippen LogP contribution in [0.25, 0.3) is 0 Å². The van der Waals surface area contributed by atoms with E-state index in [4.69, 9.17) is 10.5 Å².